The van der Waals surface area contributed by atoms with Gasteiger partial charge in [-0.1, -0.05) is 6.07 Å². The van der Waals surface area contributed by atoms with Gasteiger partial charge in [0.2, 0.25) is 5.88 Å². The van der Waals surface area contributed by atoms with Gasteiger partial charge in [0.05, 0.1) is 6.61 Å². The zero-order valence-corrected chi connectivity index (χ0v) is 16.5. The van der Waals surface area contributed by atoms with Gasteiger partial charge in [-0.05, 0) is 31.2 Å². The molecule has 1 aromatic carbocycles. The van der Waals surface area contributed by atoms with Crippen LogP contribution in [0.1, 0.15) is 22.2 Å². The van der Waals surface area contributed by atoms with E-state index in [0.29, 0.717) is 22.1 Å². The van der Waals surface area contributed by atoms with Crippen LogP contribution >= 0.6 is 11.3 Å². The highest BCUT2D eigenvalue weighted by Gasteiger charge is 2.19. The quantitative estimate of drug-likeness (QED) is 0.391. The number of rotatable bonds is 7. The third-order valence-electron chi connectivity index (χ3n) is 3.75. The van der Waals surface area contributed by atoms with Crippen molar-refractivity contribution in [2.45, 2.75) is 6.92 Å². The number of amidine groups is 1. The molecule has 0 saturated carbocycles. The van der Waals surface area contributed by atoms with Crippen molar-refractivity contribution < 1.29 is 18.3 Å². The lowest BCUT2D eigenvalue weighted by atomic mass is 10.2. The number of carbonyl (C=O) groups excluding carboxylic acids is 1. The molecule has 1 amide bonds. The number of nitrogens with zero attached hydrogens (tertiary/aromatic N) is 3. The van der Waals surface area contributed by atoms with Crippen LogP contribution in [0.4, 0.5) is 14.6 Å². The van der Waals surface area contributed by atoms with E-state index >= 15 is 0 Å². The fourth-order valence-corrected chi connectivity index (χ4v) is 3.40. The summed E-state index contributed by atoms with van der Waals surface area (Å²) < 4.78 is 33.1. The fourth-order valence-electron chi connectivity index (χ4n) is 2.48. The molecule has 0 spiro atoms. The topological polar surface area (TPSA) is 126 Å². The average molecular weight is 430 g/mol. The first-order chi connectivity index (χ1) is 14.4. The number of hydrogen-bond donors (Lipinski definition) is 3. The summed E-state index contributed by atoms with van der Waals surface area (Å²) in [7, 11) is 0. The van der Waals surface area contributed by atoms with Crippen LogP contribution in [0.25, 0.3) is 10.6 Å². The Morgan fingerprint density at radius 1 is 1.37 bits per heavy atom. The third-order valence-corrected chi connectivity index (χ3v) is 4.86. The molecule has 2 aromatic heterocycles. The van der Waals surface area contributed by atoms with Crippen LogP contribution in [0.15, 0.2) is 41.5 Å². The van der Waals surface area contributed by atoms with E-state index in [-0.39, 0.29) is 17.5 Å². The lowest BCUT2D eigenvalue weighted by molar-refractivity contribution is 0.101. The van der Waals surface area contributed by atoms with Gasteiger partial charge in [0.15, 0.2) is 0 Å². The van der Waals surface area contributed by atoms with E-state index in [1.165, 1.54) is 29.7 Å². The lowest BCUT2D eigenvalue weighted by Crippen LogP contribution is -2.16. The van der Waals surface area contributed by atoms with E-state index in [2.05, 4.69) is 20.3 Å². The van der Waals surface area contributed by atoms with Crippen molar-refractivity contribution in [2.24, 2.45) is 10.7 Å². The summed E-state index contributed by atoms with van der Waals surface area (Å²) in [5.74, 6) is -2.50. The number of hydrogen-bond acceptors (Lipinski definition) is 6. The number of carbonyl (C=O) groups is 1. The minimum absolute atomic E-state index is 0.0785. The molecule has 0 aliphatic heterocycles. The highest BCUT2D eigenvalue weighted by molar-refractivity contribution is 7.17. The summed E-state index contributed by atoms with van der Waals surface area (Å²) in [5.41, 5.74) is 5.73. The lowest BCUT2D eigenvalue weighted by Gasteiger charge is -2.07. The predicted molar refractivity (Wildman–Crippen MR) is 110 cm³/mol. The largest absolute Gasteiger partial charge is 0.477 e. The Balaban J connectivity index is 1.92. The molecule has 30 heavy (non-hydrogen) atoms. The standard InChI is InChI=1S/C19H16F2N6O2S/c1-2-29-18-15(16(23)25-9-22)30-19(27-18)10-6-7-24-13(8-10)26-17(28)14-11(20)4-3-5-12(14)21/h3-9H,2H2,1H3,(H3,22,23,25)(H,24,26,28). The molecule has 3 aromatic rings. The molecule has 3 rings (SSSR count). The van der Waals surface area contributed by atoms with Crippen LogP contribution in [0.5, 0.6) is 5.88 Å². The molecule has 0 saturated heterocycles. The number of aromatic nitrogens is 2. The van der Waals surface area contributed by atoms with Gasteiger partial charge in [0.25, 0.3) is 5.91 Å². The van der Waals surface area contributed by atoms with E-state index < -0.39 is 23.1 Å². The smallest absolute Gasteiger partial charge is 0.262 e. The fraction of sp³-hybridized carbons (Fsp3) is 0.105. The van der Waals surface area contributed by atoms with Crippen molar-refractivity contribution in [3.63, 3.8) is 0 Å². The highest BCUT2D eigenvalue weighted by Crippen LogP contribution is 2.33. The molecule has 11 heteroatoms. The number of aliphatic imine (C=N–C) groups is 1. The molecule has 0 bridgehead atoms. The normalized spacial score (nSPS) is 11.2. The Morgan fingerprint density at radius 2 is 2.10 bits per heavy atom. The minimum Gasteiger partial charge on any atom is -0.477 e. The number of anilines is 1. The van der Waals surface area contributed by atoms with Gasteiger partial charge in [0, 0.05) is 11.8 Å². The van der Waals surface area contributed by atoms with E-state index in [9.17, 15) is 13.6 Å². The number of halogens is 2. The maximum absolute atomic E-state index is 13.8. The summed E-state index contributed by atoms with van der Waals surface area (Å²) in [6, 6.07) is 6.30. The SMILES string of the molecule is CCOc1nc(-c2ccnc(NC(=O)c3c(F)cccc3F)c2)sc1C(N)=NC=N. The number of nitrogens with one attached hydrogen (secondary N) is 2. The minimum atomic E-state index is -0.976. The maximum Gasteiger partial charge on any atom is 0.262 e. The van der Waals surface area contributed by atoms with Crippen LogP contribution in [-0.4, -0.2) is 34.7 Å². The number of amides is 1. The second-order valence-corrected chi connectivity index (χ2v) is 6.71. The van der Waals surface area contributed by atoms with Gasteiger partial charge in [0.1, 0.15) is 45.1 Å². The predicted octanol–water partition coefficient (Wildman–Crippen LogP) is 3.45. The monoisotopic (exact) mass is 430 g/mol. The van der Waals surface area contributed by atoms with Gasteiger partial charge < -0.3 is 15.8 Å². The molecule has 0 atom stereocenters. The molecular formula is C19H16F2N6O2S. The number of ether oxygens (including phenoxy) is 1. The molecule has 4 N–H and O–H groups in total. The van der Waals surface area contributed by atoms with Crippen molar-refractivity contribution in [1.82, 2.24) is 9.97 Å². The summed E-state index contributed by atoms with van der Waals surface area (Å²) in [5, 5.41) is 9.94. The van der Waals surface area contributed by atoms with Gasteiger partial charge in [-0.3, -0.25) is 10.2 Å². The molecule has 154 valence electrons. The molecular weight excluding hydrogens is 414 g/mol. The Kier molecular flexibility index (Phi) is 6.42. The van der Waals surface area contributed by atoms with E-state index in [1.807, 2.05) is 0 Å². The molecule has 8 nitrogen and oxygen atoms in total. The molecule has 0 radical (unpaired) electrons. The molecule has 0 unspecified atom stereocenters. The van der Waals surface area contributed by atoms with Crippen molar-refractivity contribution >= 4 is 35.2 Å². The zero-order valence-electron chi connectivity index (χ0n) is 15.6. The first kappa shape index (κ1) is 21.0. The Hall–Kier alpha value is -3.73. The first-order valence-electron chi connectivity index (χ1n) is 8.62. The van der Waals surface area contributed by atoms with Crippen molar-refractivity contribution in [2.75, 3.05) is 11.9 Å². The van der Waals surface area contributed by atoms with E-state index in [1.54, 1.807) is 13.0 Å². The molecule has 0 fully saturated rings. The first-order valence-corrected chi connectivity index (χ1v) is 9.44. The van der Waals surface area contributed by atoms with Crippen LogP contribution in [0.3, 0.4) is 0 Å². The van der Waals surface area contributed by atoms with E-state index in [4.69, 9.17) is 15.9 Å². The van der Waals surface area contributed by atoms with Crippen LogP contribution in [0.2, 0.25) is 0 Å². The average Bonchev–Trinajstić information content (AvgIpc) is 3.13. The Labute approximate surface area is 174 Å². The zero-order chi connectivity index (χ0) is 21.7. The summed E-state index contributed by atoms with van der Waals surface area (Å²) in [6.07, 6.45) is 2.23. The second kappa shape index (κ2) is 9.18. The second-order valence-electron chi connectivity index (χ2n) is 5.71. The van der Waals surface area contributed by atoms with Crippen LogP contribution in [-0.2, 0) is 0 Å². The van der Waals surface area contributed by atoms with Crippen molar-refractivity contribution in [1.29, 1.82) is 5.41 Å². The van der Waals surface area contributed by atoms with Crippen LogP contribution < -0.4 is 15.8 Å². The van der Waals surface area contributed by atoms with Crippen LogP contribution in [0, 0.1) is 17.0 Å². The number of benzene rings is 1. The molecule has 0 aliphatic carbocycles. The van der Waals surface area contributed by atoms with Gasteiger partial charge in [-0.25, -0.2) is 23.7 Å². The van der Waals surface area contributed by atoms with Gasteiger partial charge in [-0.2, -0.15) is 0 Å². The highest BCUT2D eigenvalue weighted by atomic mass is 32.1. The van der Waals surface area contributed by atoms with Gasteiger partial charge in [-0.15, -0.1) is 11.3 Å². The Morgan fingerprint density at radius 3 is 2.77 bits per heavy atom. The summed E-state index contributed by atoms with van der Waals surface area (Å²) in [6.45, 7) is 2.13. The number of nitrogens with two attached hydrogens (primary N) is 1. The summed E-state index contributed by atoms with van der Waals surface area (Å²) >= 11 is 1.17. The van der Waals surface area contributed by atoms with Crippen molar-refractivity contribution in [3.05, 3.63) is 58.6 Å². The number of pyridine rings is 1. The van der Waals surface area contributed by atoms with E-state index in [0.717, 1.165) is 18.5 Å². The Bertz CT molecular complexity index is 1110. The molecule has 0 aliphatic rings. The third kappa shape index (κ3) is 4.46. The maximum atomic E-state index is 13.8. The van der Waals surface area contributed by atoms with Gasteiger partial charge >= 0.3 is 0 Å². The number of thiazole rings is 1. The van der Waals surface area contributed by atoms with Crippen molar-refractivity contribution in [3.8, 4) is 16.5 Å². The summed E-state index contributed by atoms with van der Waals surface area (Å²) in [4.78, 5) is 24.9. The molecule has 2 heterocycles.